The number of rotatable bonds is 1. The maximum atomic E-state index is 8.58. The van der Waals surface area contributed by atoms with Gasteiger partial charge in [0, 0.05) is 4.88 Å². The van der Waals surface area contributed by atoms with Crippen molar-refractivity contribution in [2.45, 2.75) is 20.8 Å². The Balaban J connectivity index is 0.000000606. The van der Waals surface area contributed by atoms with Gasteiger partial charge in [0.15, 0.2) is 4.67 Å². The average Bonchev–Trinajstić information content (AvgIpc) is 2.81. The third-order valence-corrected chi connectivity index (χ3v) is 4.19. The Labute approximate surface area is 103 Å². The van der Waals surface area contributed by atoms with E-state index >= 15 is 0 Å². The van der Waals surface area contributed by atoms with Crippen molar-refractivity contribution in [3.8, 4) is 10.4 Å². The Morgan fingerprint density at radius 3 is 2.19 bits per heavy atom. The average molecular weight is 253 g/mol. The van der Waals surface area contributed by atoms with Gasteiger partial charge in [0.25, 0.3) is 0 Å². The highest BCUT2D eigenvalue weighted by Crippen LogP contribution is 2.25. The summed E-state index contributed by atoms with van der Waals surface area (Å²) in [5, 5.41) is 11.7. The summed E-state index contributed by atoms with van der Waals surface area (Å²) in [4.78, 5) is 1.14. The summed E-state index contributed by atoms with van der Waals surface area (Å²) >= 11 is 0. The molecule has 0 aliphatic carbocycles. The van der Waals surface area contributed by atoms with Crippen LogP contribution in [0.15, 0.2) is 35.5 Å². The van der Waals surface area contributed by atoms with Gasteiger partial charge in [-0.1, -0.05) is 69.5 Å². The summed E-state index contributed by atoms with van der Waals surface area (Å²) in [5.41, 5.74) is 2.42. The second-order valence-corrected chi connectivity index (χ2v) is 5.17. The molecule has 0 amide bonds. The van der Waals surface area contributed by atoms with Crippen molar-refractivity contribution in [1.29, 1.82) is 0 Å². The van der Waals surface area contributed by atoms with Crippen molar-refractivity contribution in [1.82, 2.24) is 0 Å². The Kier molecular flexibility index (Phi) is 5.22. The molecule has 4 heteroatoms. The quantitative estimate of drug-likeness (QED) is 0.463. The van der Waals surface area contributed by atoms with Crippen molar-refractivity contribution >= 4 is 20.7 Å². The zero-order chi connectivity index (χ0) is 12.0. The Morgan fingerprint density at radius 2 is 1.69 bits per heavy atom. The molecule has 2 aromatic rings. The van der Waals surface area contributed by atoms with Crippen LogP contribution in [0, 0.1) is 6.92 Å². The first-order chi connectivity index (χ1) is 7.79. The van der Waals surface area contributed by atoms with Gasteiger partial charge in [-0.25, -0.2) is 0 Å². The summed E-state index contributed by atoms with van der Waals surface area (Å²) in [5.74, 6) is 0. The van der Waals surface area contributed by atoms with Crippen LogP contribution in [0.25, 0.3) is 10.4 Å². The summed E-state index contributed by atoms with van der Waals surface area (Å²) < 4.78 is 0.658. The lowest BCUT2D eigenvalue weighted by Crippen LogP contribution is -1.87. The molecular weight excluding hydrogens is 238 g/mol. The van der Waals surface area contributed by atoms with Crippen LogP contribution in [-0.4, -0.2) is 5.21 Å². The molecule has 1 heterocycles. The molecule has 2 rings (SSSR count). The molecule has 0 saturated carbocycles. The molecule has 0 spiro atoms. The normalized spacial score (nSPS) is 10.8. The molecule has 0 saturated heterocycles. The molecule has 86 valence electrons. The number of hydrogen-bond acceptors (Lipinski definition) is 4. The van der Waals surface area contributed by atoms with E-state index in [9.17, 15) is 0 Å². The lowest BCUT2D eigenvalue weighted by molar-refractivity contribution is 0.304. The minimum atomic E-state index is 0.658. The van der Waals surface area contributed by atoms with Crippen LogP contribution < -0.4 is 4.67 Å². The van der Waals surface area contributed by atoms with Gasteiger partial charge in [0.1, 0.15) is 0 Å². The van der Waals surface area contributed by atoms with Crippen LogP contribution in [-0.2, 0) is 0 Å². The molecule has 2 nitrogen and oxygen atoms in total. The SMILES string of the molecule is CC.Cc1ccc(-c2c/c(=N\O)ss2)cc1. The minimum Gasteiger partial charge on any atom is -0.410 e. The van der Waals surface area contributed by atoms with Crippen LogP contribution in [0.5, 0.6) is 0 Å². The van der Waals surface area contributed by atoms with E-state index in [4.69, 9.17) is 5.21 Å². The van der Waals surface area contributed by atoms with E-state index in [0.29, 0.717) is 4.67 Å². The van der Waals surface area contributed by atoms with Gasteiger partial charge in [-0.15, -0.1) is 0 Å². The molecule has 0 bridgehead atoms. The van der Waals surface area contributed by atoms with Crippen LogP contribution in [0.4, 0.5) is 0 Å². The van der Waals surface area contributed by atoms with Gasteiger partial charge in [0.05, 0.1) is 0 Å². The third-order valence-electron chi connectivity index (χ3n) is 1.91. The fraction of sp³-hybridized carbons (Fsp3) is 0.250. The second-order valence-electron chi connectivity index (χ2n) is 2.98. The zero-order valence-electron chi connectivity index (χ0n) is 9.60. The molecule has 1 aromatic heterocycles. The smallest absolute Gasteiger partial charge is 0.166 e. The van der Waals surface area contributed by atoms with E-state index in [-0.39, 0.29) is 0 Å². The van der Waals surface area contributed by atoms with E-state index < -0.39 is 0 Å². The van der Waals surface area contributed by atoms with Crippen molar-refractivity contribution < 1.29 is 5.21 Å². The number of nitrogens with zero attached hydrogens (tertiary/aromatic N) is 1. The van der Waals surface area contributed by atoms with Crippen molar-refractivity contribution in [2.75, 3.05) is 0 Å². The molecule has 0 aliphatic rings. The molecule has 0 unspecified atom stereocenters. The first-order valence-electron chi connectivity index (χ1n) is 5.15. The van der Waals surface area contributed by atoms with E-state index in [1.807, 2.05) is 19.9 Å². The molecule has 0 aliphatic heterocycles. The number of aryl methyl sites for hydroxylation is 1. The van der Waals surface area contributed by atoms with Crippen molar-refractivity contribution in [3.05, 3.63) is 40.6 Å². The zero-order valence-corrected chi connectivity index (χ0v) is 11.2. The molecule has 16 heavy (non-hydrogen) atoms. The highest BCUT2D eigenvalue weighted by atomic mass is 32.9. The topological polar surface area (TPSA) is 32.6 Å². The van der Waals surface area contributed by atoms with Gasteiger partial charge < -0.3 is 5.21 Å². The van der Waals surface area contributed by atoms with E-state index in [1.165, 1.54) is 21.5 Å². The first-order valence-corrected chi connectivity index (χ1v) is 7.30. The lowest BCUT2D eigenvalue weighted by atomic mass is 10.1. The van der Waals surface area contributed by atoms with Gasteiger partial charge >= 0.3 is 0 Å². The highest BCUT2D eigenvalue weighted by Gasteiger charge is 1.99. The van der Waals surface area contributed by atoms with Gasteiger partial charge in [0.2, 0.25) is 0 Å². The summed E-state index contributed by atoms with van der Waals surface area (Å²) in [7, 11) is 3.09. The monoisotopic (exact) mass is 253 g/mol. The van der Waals surface area contributed by atoms with Gasteiger partial charge in [-0.3, -0.25) is 0 Å². The second kappa shape index (κ2) is 6.45. The Hall–Kier alpha value is -1.13. The molecule has 1 N–H and O–H groups in total. The van der Waals surface area contributed by atoms with Gasteiger partial charge in [-0.05, 0) is 18.6 Å². The summed E-state index contributed by atoms with van der Waals surface area (Å²) in [6.45, 7) is 6.06. The fourth-order valence-corrected chi connectivity index (χ4v) is 3.19. The first kappa shape index (κ1) is 12.9. The summed E-state index contributed by atoms with van der Waals surface area (Å²) in [6, 6.07) is 10.2. The standard InChI is InChI=1S/C10H9NOS2.C2H6/c1-7-2-4-8(5-3-7)9-6-10(11-12)14-13-9;1-2/h2-6,12H,1H3;1-2H3/b11-10+;. The predicted molar refractivity (Wildman–Crippen MR) is 71.1 cm³/mol. The van der Waals surface area contributed by atoms with E-state index in [2.05, 4.69) is 36.3 Å². The van der Waals surface area contributed by atoms with Crippen molar-refractivity contribution in [3.63, 3.8) is 0 Å². The van der Waals surface area contributed by atoms with Gasteiger partial charge in [-0.2, -0.15) is 0 Å². The molecule has 0 fully saturated rings. The third kappa shape index (κ3) is 3.18. The summed E-state index contributed by atoms with van der Waals surface area (Å²) in [6.07, 6.45) is 0. The van der Waals surface area contributed by atoms with Crippen LogP contribution in [0.2, 0.25) is 0 Å². The molecule has 0 radical (unpaired) electrons. The highest BCUT2D eigenvalue weighted by molar-refractivity contribution is 7.69. The van der Waals surface area contributed by atoms with Crippen LogP contribution >= 0.6 is 20.7 Å². The largest absolute Gasteiger partial charge is 0.410 e. The number of hydrogen-bond donors (Lipinski definition) is 1. The number of benzene rings is 1. The maximum Gasteiger partial charge on any atom is 0.166 e. The van der Waals surface area contributed by atoms with Crippen LogP contribution in [0.3, 0.4) is 0 Å². The maximum absolute atomic E-state index is 8.58. The van der Waals surface area contributed by atoms with Crippen LogP contribution in [0.1, 0.15) is 19.4 Å². The van der Waals surface area contributed by atoms with E-state index in [1.54, 1.807) is 10.3 Å². The predicted octanol–water partition coefficient (Wildman–Crippen LogP) is 4.10. The Bertz CT molecular complexity index is 482. The fourth-order valence-electron chi connectivity index (χ4n) is 1.14. The molecule has 0 atom stereocenters. The molecular formula is C12H15NOS2. The molecule has 1 aromatic carbocycles. The lowest BCUT2D eigenvalue weighted by Gasteiger charge is -1.96. The Morgan fingerprint density at radius 1 is 1.06 bits per heavy atom. The van der Waals surface area contributed by atoms with E-state index in [0.717, 1.165) is 4.88 Å². The minimum absolute atomic E-state index is 0.658. The van der Waals surface area contributed by atoms with Crippen molar-refractivity contribution in [2.24, 2.45) is 5.16 Å².